The van der Waals surface area contributed by atoms with E-state index < -0.39 is 0 Å². The zero-order valence-electron chi connectivity index (χ0n) is 6.26. The van der Waals surface area contributed by atoms with Crippen LogP contribution in [0.25, 0.3) is 10.9 Å². The minimum absolute atomic E-state index is 0.347. The Morgan fingerprint density at radius 3 is 3.00 bits per heavy atom. The summed E-state index contributed by atoms with van der Waals surface area (Å²) >= 11 is 0. The number of nitrogens with one attached hydrogen (secondary N) is 1. The van der Waals surface area contributed by atoms with Crippen LogP contribution >= 0.6 is 0 Å². The quantitative estimate of drug-likeness (QED) is 0.588. The molecule has 0 unspecified atom stereocenters. The molecular formula is C9H9NO. The van der Waals surface area contributed by atoms with Gasteiger partial charge in [-0.05, 0) is 30.0 Å². The molecule has 0 fully saturated rings. The Balaban J connectivity index is 2.86. The highest BCUT2D eigenvalue weighted by Gasteiger charge is 1.98. The van der Waals surface area contributed by atoms with Gasteiger partial charge in [0.2, 0.25) is 0 Å². The number of benzene rings is 1. The molecule has 2 N–H and O–H groups in total. The second kappa shape index (κ2) is 2.02. The van der Waals surface area contributed by atoms with Gasteiger partial charge in [-0.15, -0.1) is 0 Å². The van der Waals surface area contributed by atoms with Crippen molar-refractivity contribution in [3.8, 4) is 5.75 Å². The van der Waals surface area contributed by atoms with Crippen LogP contribution in [-0.4, -0.2) is 10.1 Å². The molecule has 1 heterocycles. The van der Waals surface area contributed by atoms with E-state index in [9.17, 15) is 5.11 Å². The lowest BCUT2D eigenvalue weighted by Crippen LogP contribution is -1.74. The van der Waals surface area contributed by atoms with E-state index in [1.54, 1.807) is 6.07 Å². The van der Waals surface area contributed by atoms with Crippen molar-refractivity contribution >= 4 is 10.9 Å². The van der Waals surface area contributed by atoms with Gasteiger partial charge in [0.05, 0.1) is 0 Å². The van der Waals surface area contributed by atoms with Gasteiger partial charge in [-0.1, -0.05) is 0 Å². The van der Waals surface area contributed by atoms with E-state index in [-0.39, 0.29) is 0 Å². The molecule has 0 aliphatic rings. The molecule has 1 aromatic heterocycles. The van der Waals surface area contributed by atoms with E-state index in [1.165, 1.54) is 0 Å². The number of rotatable bonds is 0. The number of H-pyrrole nitrogens is 1. The summed E-state index contributed by atoms with van der Waals surface area (Å²) in [6.45, 7) is 1.89. The first-order chi connectivity index (χ1) is 5.27. The first kappa shape index (κ1) is 6.28. The minimum atomic E-state index is 0.347. The maximum absolute atomic E-state index is 9.32. The highest BCUT2D eigenvalue weighted by Crippen LogP contribution is 2.22. The van der Waals surface area contributed by atoms with Crippen molar-refractivity contribution in [1.82, 2.24) is 4.98 Å². The summed E-state index contributed by atoms with van der Waals surface area (Å²) in [6.07, 6.45) is 1.86. The first-order valence-electron chi connectivity index (χ1n) is 3.54. The molecule has 0 aliphatic carbocycles. The Kier molecular flexibility index (Phi) is 1.15. The Hall–Kier alpha value is -1.44. The van der Waals surface area contributed by atoms with Gasteiger partial charge in [0.25, 0.3) is 0 Å². The van der Waals surface area contributed by atoms with Gasteiger partial charge >= 0.3 is 0 Å². The molecule has 0 saturated heterocycles. The monoisotopic (exact) mass is 147 g/mol. The average molecular weight is 147 g/mol. The fourth-order valence-corrected chi connectivity index (χ4v) is 1.20. The molecule has 0 bridgehead atoms. The summed E-state index contributed by atoms with van der Waals surface area (Å²) in [5, 5.41) is 10.5. The molecule has 2 rings (SSSR count). The van der Waals surface area contributed by atoms with Crippen molar-refractivity contribution in [3.63, 3.8) is 0 Å². The van der Waals surface area contributed by atoms with Gasteiger partial charge in [-0.3, -0.25) is 0 Å². The summed E-state index contributed by atoms with van der Waals surface area (Å²) < 4.78 is 0. The Bertz CT molecular complexity index is 353. The molecule has 2 heteroatoms. The van der Waals surface area contributed by atoms with Crippen LogP contribution in [0.2, 0.25) is 0 Å². The van der Waals surface area contributed by atoms with Crippen LogP contribution in [0, 0.1) is 6.92 Å². The number of aromatic hydroxyl groups is 1. The summed E-state index contributed by atoms with van der Waals surface area (Å²) in [5.41, 5.74) is 1.89. The van der Waals surface area contributed by atoms with Crippen molar-refractivity contribution in [1.29, 1.82) is 0 Å². The molecule has 11 heavy (non-hydrogen) atoms. The maximum Gasteiger partial charge on any atom is 0.120 e. The second-order valence-corrected chi connectivity index (χ2v) is 2.70. The molecule has 0 spiro atoms. The summed E-state index contributed by atoms with van der Waals surface area (Å²) in [5.74, 6) is 0.347. The number of phenolic OH excluding ortho intramolecular Hbond substituents is 1. The predicted octanol–water partition coefficient (Wildman–Crippen LogP) is 2.18. The van der Waals surface area contributed by atoms with Crippen molar-refractivity contribution in [2.45, 2.75) is 6.92 Å². The van der Waals surface area contributed by atoms with Crippen LogP contribution in [0.1, 0.15) is 5.56 Å². The number of phenols is 1. The number of hydrogen-bond donors (Lipinski definition) is 2. The third-order valence-electron chi connectivity index (χ3n) is 1.87. The molecule has 0 saturated carbocycles. The molecule has 2 aromatic rings. The van der Waals surface area contributed by atoms with Crippen molar-refractivity contribution in [2.24, 2.45) is 0 Å². The lowest BCUT2D eigenvalue weighted by atomic mass is 10.1. The van der Waals surface area contributed by atoms with E-state index in [0.717, 1.165) is 16.5 Å². The lowest BCUT2D eigenvalue weighted by Gasteiger charge is -1.97. The molecule has 1 aromatic carbocycles. The van der Waals surface area contributed by atoms with E-state index in [2.05, 4.69) is 4.98 Å². The molecular weight excluding hydrogens is 138 g/mol. The number of hydrogen-bond acceptors (Lipinski definition) is 1. The van der Waals surface area contributed by atoms with Crippen LogP contribution in [0.15, 0.2) is 24.4 Å². The SMILES string of the molecule is Cc1cc2cc[nH]c2cc1O. The number of aromatic amines is 1. The first-order valence-corrected chi connectivity index (χ1v) is 3.54. The van der Waals surface area contributed by atoms with Crippen LogP contribution in [0.4, 0.5) is 0 Å². The van der Waals surface area contributed by atoms with E-state index in [0.29, 0.717) is 5.75 Å². The predicted molar refractivity (Wildman–Crippen MR) is 44.7 cm³/mol. The average Bonchev–Trinajstić information content (AvgIpc) is 2.36. The molecule has 0 atom stereocenters. The summed E-state index contributed by atoms with van der Waals surface area (Å²) in [4.78, 5) is 3.03. The summed E-state index contributed by atoms with van der Waals surface area (Å²) in [7, 11) is 0. The van der Waals surface area contributed by atoms with E-state index >= 15 is 0 Å². The van der Waals surface area contributed by atoms with Gasteiger partial charge in [-0.25, -0.2) is 0 Å². The van der Waals surface area contributed by atoms with Crippen molar-refractivity contribution in [3.05, 3.63) is 30.0 Å². The molecule has 0 radical (unpaired) electrons. The van der Waals surface area contributed by atoms with Gasteiger partial charge in [0, 0.05) is 17.8 Å². The van der Waals surface area contributed by atoms with Crippen molar-refractivity contribution < 1.29 is 5.11 Å². The number of fused-ring (bicyclic) bond motifs is 1. The number of aromatic nitrogens is 1. The highest BCUT2D eigenvalue weighted by molar-refractivity contribution is 5.81. The fraction of sp³-hybridized carbons (Fsp3) is 0.111. The Labute approximate surface area is 64.5 Å². The molecule has 0 amide bonds. The normalized spacial score (nSPS) is 10.6. The standard InChI is InChI=1S/C9H9NO/c1-6-4-7-2-3-10-8(7)5-9(6)11/h2-5,10-11H,1H3. The van der Waals surface area contributed by atoms with E-state index in [1.807, 2.05) is 25.3 Å². The molecule has 0 aliphatic heterocycles. The second-order valence-electron chi connectivity index (χ2n) is 2.70. The van der Waals surface area contributed by atoms with Gasteiger partial charge in [-0.2, -0.15) is 0 Å². The largest absolute Gasteiger partial charge is 0.508 e. The lowest BCUT2D eigenvalue weighted by molar-refractivity contribution is 0.472. The van der Waals surface area contributed by atoms with Gasteiger partial charge in [0.1, 0.15) is 5.75 Å². The third kappa shape index (κ3) is 0.871. The third-order valence-corrected chi connectivity index (χ3v) is 1.87. The topological polar surface area (TPSA) is 36.0 Å². The van der Waals surface area contributed by atoms with Crippen LogP contribution in [0.5, 0.6) is 5.75 Å². The molecule has 2 nitrogen and oxygen atoms in total. The fourth-order valence-electron chi connectivity index (χ4n) is 1.20. The van der Waals surface area contributed by atoms with Gasteiger partial charge in [0.15, 0.2) is 0 Å². The van der Waals surface area contributed by atoms with Crippen LogP contribution in [0.3, 0.4) is 0 Å². The smallest absolute Gasteiger partial charge is 0.120 e. The maximum atomic E-state index is 9.32. The summed E-state index contributed by atoms with van der Waals surface area (Å²) in [6, 6.07) is 5.69. The Morgan fingerprint density at radius 2 is 2.18 bits per heavy atom. The molecule has 56 valence electrons. The van der Waals surface area contributed by atoms with Crippen molar-refractivity contribution in [2.75, 3.05) is 0 Å². The minimum Gasteiger partial charge on any atom is -0.508 e. The number of aryl methyl sites for hydroxylation is 1. The Morgan fingerprint density at radius 1 is 1.36 bits per heavy atom. The van der Waals surface area contributed by atoms with Crippen LogP contribution in [-0.2, 0) is 0 Å². The zero-order valence-corrected chi connectivity index (χ0v) is 6.26. The van der Waals surface area contributed by atoms with E-state index in [4.69, 9.17) is 0 Å². The van der Waals surface area contributed by atoms with Crippen LogP contribution < -0.4 is 0 Å². The van der Waals surface area contributed by atoms with Gasteiger partial charge < -0.3 is 10.1 Å². The highest BCUT2D eigenvalue weighted by atomic mass is 16.3. The zero-order chi connectivity index (χ0) is 7.84.